The van der Waals surface area contributed by atoms with E-state index in [-0.39, 0.29) is 12.3 Å². The van der Waals surface area contributed by atoms with Crippen molar-refractivity contribution in [1.82, 2.24) is 9.29 Å². The number of thiazole rings is 1. The maximum atomic E-state index is 13.2. The van der Waals surface area contributed by atoms with Gasteiger partial charge in [-0.25, -0.2) is 22.2 Å². The van der Waals surface area contributed by atoms with E-state index in [0.29, 0.717) is 9.48 Å². The van der Waals surface area contributed by atoms with Crippen LogP contribution < -0.4 is 0 Å². The largest absolute Gasteiger partial charge is 0.250 e. The number of alkyl halides is 2. The Morgan fingerprint density at radius 2 is 2.32 bits per heavy atom. The van der Waals surface area contributed by atoms with Crippen molar-refractivity contribution in [3.63, 3.8) is 0 Å². The number of aromatic nitrogens is 1. The first-order chi connectivity index (χ1) is 8.71. The summed E-state index contributed by atoms with van der Waals surface area (Å²) in [5.74, 6) is -3.03. The topological polar surface area (TPSA) is 50.3 Å². The van der Waals surface area contributed by atoms with Crippen LogP contribution in [-0.4, -0.2) is 36.2 Å². The van der Waals surface area contributed by atoms with Crippen molar-refractivity contribution < 1.29 is 17.2 Å². The number of sulfonamides is 1. The summed E-state index contributed by atoms with van der Waals surface area (Å²) in [6, 6.07) is -0.689. The van der Waals surface area contributed by atoms with E-state index < -0.39 is 34.8 Å². The summed E-state index contributed by atoms with van der Waals surface area (Å²) in [7, 11) is -3.61. The predicted octanol–water partition coefficient (Wildman–Crippen LogP) is 2.86. The van der Waals surface area contributed by atoms with Crippen molar-refractivity contribution in [2.45, 2.75) is 37.5 Å². The zero-order valence-electron chi connectivity index (χ0n) is 10.1. The molecule has 0 amide bonds. The van der Waals surface area contributed by atoms with Crippen LogP contribution in [0.2, 0.25) is 0 Å². The molecular weight excluding hydrogens is 362 g/mol. The molecule has 9 heteroatoms. The first-order valence-electron chi connectivity index (χ1n) is 5.66. The maximum Gasteiger partial charge on any atom is 0.250 e. The molecule has 1 unspecified atom stereocenters. The van der Waals surface area contributed by atoms with E-state index >= 15 is 0 Å². The lowest BCUT2D eigenvalue weighted by Gasteiger charge is -2.36. The quantitative estimate of drug-likeness (QED) is 0.817. The van der Waals surface area contributed by atoms with Gasteiger partial charge in [-0.05, 0) is 22.9 Å². The number of hydrogen-bond acceptors (Lipinski definition) is 4. The van der Waals surface area contributed by atoms with E-state index in [1.54, 1.807) is 5.51 Å². The summed E-state index contributed by atoms with van der Waals surface area (Å²) in [6.45, 7) is 1.37. The van der Waals surface area contributed by atoms with Crippen LogP contribution in [-0.2, 0) is 15.8 Å². The molecule has 0 saturated carbocycles. The van der Waals surface area contributed by atoms with Crippen LogP contribution in [0.15, 0.2) is 9.30 Å². The Morgan fingerprint density at radius 1 is 1.63 bits per heavy atom. The van der Waals surface area contributed by atoms with Gasteiger partial charge in [0.1, 0.15) is 5.75 Å². The standard InChI is InChI=1S/C10H13BrF2N2O2S2/c1-7-4-10(12,13)2-3-15(7)19(16,17)5-8-9(11)18-6-14-8/h6-7H,2-5H2,1H3. The normalized spacial score (nSPS) is 24.5. The molecule has 1 aliphatic rings. The van der Waals surface area contributed by atoms with Gasteiger partial charge >= 0.3 is 0 Å². The monoisotopic (exact) mass is 374 g/mol. The fourth-order valence-electron chi connectivity index (χ4n) is 2.15. The summed E-state index contributed by atoms with van der Waals surface area (Å²) in [5.41, 5.74) is 1.97. The smallest absolute Gasteiger partial charge is 0.247 e. The van der Waals surface area contributed by atoms with Crippen LogP contribution in [0, 0.1) is 0 Å². The summed E-state index contributed by atoms with van der Waals surface area (Å²) in [4.78, 5) is 3.97. The van der Waals surface area contributed by atoms with Gasteiger partial charge in [0.05, 0.1) is 15.0 Å². The van der Waals surface area contributed by atoms with Crippen molar-refractivity contribution >= 4 is 37.3 Å². The Labute approximate surface area is 123 Å². The fourth-order valence-corrected chi connectivity index (χ4v) is 5.17. The Hall–Kier alpha value is -0.120. The first kappa shape index (κ1) is 15.3. The maximum absolute atomic E-state index is 13.2. The van der Waals surface area contributed by atoms with E-state index in [0.717, 1.165) is 4.31 Å². The third-order valence-electron chi connectivity index (χ3n) is 3.05. The molecule has 108 valence electrons. The van der Waals surface area contributed by atoms with Gasteiger partial charge in [-0.3, -0.25) is 0 Å². The molecule has 0 bridgehead atoms. The minimum Gasteiger partial charge on any atom is -0.247 e. The van der Waals surface area contributed by atoms with Gasteiger partial charge in [0, 0.05) is 25.4 Å². The second-order valence-corrected chi connectivity index (χ2v) is 8.69. The molecule has 1 aromatic heterocycles. The molecule has 0 spiro atoms. The minimum absolute atomic E-state index is 0.141. The Morgan fingerprint density at radius 3 is 2.84 bits per heavy atom. The molecule has 0 aliphatic carbocycles. The summed E-state index contributed by atoms with van der Waals surface area (Å²) < 4.78 is 52.8. The molecule has 0 N–H and O–H groups in total. The Balaban J connectivity index is 2.15. The van der Waals surface area contributed by atoms with Gasteiger partial charge in [0.25, 0.3) is 5.92 Å². The minimum atomic E-state index is -3.61. The van der Waals surface area contributed by atoms with Gasteiger partial charge < -0.3 is 0 Å². The molecule has 1 aromatic rings. The molecule has 1 saturated heterocycles. The number of piperidine rings is 1. The highest BCUT2D eigenvalue weighted by molar-refractivity contribution is 9.11. The van der Waals surface area contributed by atoms with Crippen LogP contribution in [0.5, 0.6) is 0 Å². The highest BCUT2D eigenvalue weighted by Crippen LogP contribution is 2.34. The third kappa shape index (κ3) is 3.50. The second-order valence-electron chi connectivity index (χ2n) is 4.60. The fraction of sp³-hybridized carbons (Fsp3) is 0.700. The highest BCUT2D eigenvalue weighted by Gasteiger charge is 2.42. The SMILES string of the molecule is CC1CC(F)(F)CCN1S(=O)(=O)Cc1ncsc1Br. The van der Waals surface area contributed by atoms with Crippen molar-refractivity contribution in [3.8, 4) is 0 Å². The first-order valence-corrected chi connectivity index (χ1v) is 8.95. The number of rotatable bonds is 3. The van der Waals surface area contributed by atoms with Gasteiger partial charge in [-0.2, -0.15) is 4.31 Å². The lowest BCUT2D eigenvalue weighted by molar-refractivity contribution is -0.0567. The predicted molar refractivity (Wildman–Crippen MR) is 72.8 cm³/mol. The van der Waals surface area contributed by atoms with Gasteiger partial charge in [0.2, 0.25) is 10.0 Å². The van der Waals surface area contributed by atoms with Gasteiger partial charge in [0.15, 0.2) is 0 Å². The lowest BCUT2D eigenvalue weighted by atomic mass is 10.0. The van der Waals surface area contributed by atoms with Crippen LogP contribution in [0.25, 0.3) is 0 Å². The molecule has 4 nitrogen and oxygen atoms in total. The van der Waals surface area contributed by atoms with Crippen molar-refractivity contribution in [3.05, 3.63) is 15.0 Å². The van der Waals surface area contributed by atoms with Gasteiger partial charge in [-0.15, -0.1) is 11.3 Å². The van der Waals surface area contributed by atoms with E-state index in [2.05, 4.69) is 20.9 Å². The molecule has 1 aliphatic heterocycles. The summed E-state index contributed by atoms with van der Waals surface area (Å²) in [6.07, 6.45) is -0.848. The number of halogens is 3. The van der Waals surface area contributed by atoms with Crippen LogP contribution >= 0.6 is 27.3 Å². The number of nitrogens with zero attached hydrogens (tertiary/aromatic N) is 2. The molecule has 2 heterocycles. The van der Waals surface area contributed by atoms with E-state index in [4.69, 9.17) is 0 Å². The Kier molecular flexibility index (Phi) is 4.29. The summed E-state index contributed by atoms with van der Waals surface area (Å²) in [5, 5.41) is 0. The van der Waals surface area contributed by atoms with E-state index in [1.165, 1.54) is 18.3 Å². The average molecular weight is 375 g/mol. The number of hydrogen-bond donors (Lipinski definition) is 0. The highest BCUT2D eigenvalue weighted by atomic mass is 79.9. The molecular formula is C10H13BrF2N2O2S2. The average Bonchev–Trinajstić information content (AvgIpc) is 2.61. The summed E-state index contributed by atoms with van der Waals surface area (Å²) >= 11 is 4.52. The zero-order chi connectivity index (χ0) is 14.3. The van der Waals surface area contributed by atoms with Crippen LogP contribution in [0.4, 0.5) is 8.78 Å². The van der Waals surface area contributed by atoms with E-state index in [9.17, 15) is 17.2 Å². The van der Waals surface area contributed by atoms with Crippen molar-refractivity contribution in [1.29, 1.82) is 0 Å². The molecule has 0 aromatic carbocycles. The van der Waals surface area contributed by atoms with Crippen LogP contribution in [0.1, 0.15) is 25.5 Å². The van der Waals surface area contributed by atoms with Crippen molar-refractivity contribution in [2.75, 3.05) is 6.54 Å². The van der Waals surface area contributed by atoms with Gasteiger partial charge in [-0.1, -0.05) is 0 Å². The second kappa shape index (κ2) is 5.34. The Bertz CT molecular complexity index is 562. The molecule has 1 atom stereocenters. The van der Waals surface area contributed by atoms with E-state index in [1.807, 2.05) is 0 Å². The molecule has 2 rings (SSSR count). The van der Waals surface area contributed by atoms with Crippen molar-refractivity contribution in [2.24, 2.45) is 0 Å². The molecule has 0 radical (unpaired) electrons. The third-order valence-corrected chi connectivity index (χ3v) is 6.62. The molecule has 1 fully saturated rings. The zero-order valence-corrected chi connectivity index (χ0v) is 13.4. The van der Waals surface area contributed by atoms with Crippen LogP contribution in [0.3, 0.4) is 0 Å². The molecule has 19 heavy (non-hydrogen) atoms. The lowest BCUT2D eigenvalue weighted by Crippen LogP contribution is -2.48.